The van der Waals surface area contributed by atoms with Gasteiger partial charge in [0.15, 0.2) is 0 Å². The molecule has 1 aromatic carbocycles. The van der Waals surface area contributed by atoms with Crippen LogP contribution in [0.25, 0.3) is 11.0 Å². The van der Waals surface area contributed by atoms with Crippen LogP contribution in [0.1, 0.15) is 25.3 Å². The number of fused-ring (bicyclic) bond motifs is 1. The number of nitrogens with one attached hydrogen (secondary N) is 2. The number of anilines is 1. The highest BCUT2D eigenvalue weighted by molar-refractivity contribution is 5.84. The number of aromatic amines is 1. The van der Waals surface area contributed by atoms with Crippen molar-refractivity contribution >= 4 is 22.6 Å². The first-order chi connectivity index (χ1) is 13.1. The van der Waals surface area contributed by atoms with Crippen LogP contribution < -0.4 is 10.2 Å². The zero-order chi connectivity index (χ0) is 18.9. The summed E-state index contributed by atoms with van der Waals surface area (Å²) in [7, 11) is 0. The summed E-state index contributed by atoms with van der Waals surface area (Å²) < 4.78 is 14.2. The van der Waals surface area contributed by atoms with Crippen molar-refractivity contribution in [3.8, 4) is 0 Å². The van der Waals surface area contributed by atoms with Crippen molar-refractivity contribution in [2.75, 3.05) is 18.0 Å². The van der Waals surface area contributed by atoms with Gasteiger partial charge in [-0.1, -0.05) is 6.92 Å². The van der Waals surface area contributed by atoms with Crippen LogP contribution in [-0.2, 0) is 11.3 Å². The molecule has 0 atom stereocenters. The SMILES string of the molecule is CC1(C(=O)NCc2c(F)ccc3[nH]cnc23)CCN(c2ccncc2)CC1. The number of pyridine rings is 1. The van der Waals surface area contributed by atoms with Gasteiger partial charge in [0.1, 0.15) is 5.82 Å². The predicted octanol–water partition coefficient (Wildman–Crippen LogP) is 3.02. The standard InChI is InChI=1S/C20H22FN5O/c1-20(6-10-26(11-7-20)14-4-8-22-9-5-14)19(27)23-12-15-16(21)2-3-17-18(15)25-13-24-17/h2-5,8-9,13H,6-7,10-12H2,1H3,(H,23,27)(H,24,25). The zero-order valence-corrected chi connectivity index (χ0v) is 15.2. The minimum absolute atomic E-state index is 0.0381. The molecule has 1 fully saturated rings. The molecule has 4 rings (SSSR count). The fraction of sp³-hybridized carbons (Fsp3) is 0.350. The predicted molar refractivity (Wildman–Crippen MR) is 102 cm³/mol. The van der Waals surface area contributed by atoms with Gasteiger partial charge in [0.05, 0.1) is 17.4 Å². The van der Waals surface area contributed by atoms with Gasteiger partial charge in [0, 0.05) is 48.7 Å². The molecule has 7 heteroatoms. The number of carbonyl (C=O) groups excluding carboxylic acids is 1. The molecule has 1 saturated heterocycles. The van der Waals surface area contributed by atoms with E-state index in [9.17, 15) is 9.18 Å². The Kier molecular flexibility index (Phi) is 4.51. The number of H-pyrrole nitrogens is 1. The molecule has 1 amide bonds. The number of benzene rings is 1. The fourth-order valence-electron chi connectivity index (χ4n) is 3.63. The highest BCUT2D eigenvalue weighted by Crippen LogP contribution is 2.33. The molecule has 140 valence electrons. The van der Waals surface area contributed by atoms with E-state index in [1.54, 1.807) is 18.5 Å². The number of aromatic nitrogens is 3. The first kappa shape index (κ1) is 17.5. The third-order valence-electron chi connectivity index (χ3n) is 5.51. The van der Waals surface area contributed by atoms with Crippen molar-refractivity contribution in [1.29, 1.82) is 0 Å². The van der Waals surface area contributed by atoms with Gasteiger partial charge >= 0.3 is 0 Å². The molecular formula is C20H22FN5O. The largest absolute Gasteiger partial charge is 0.371 e. The molecule has 0 aliphatic carbocycles. The molecule has 1 aliphatic heterocycles. The first-order valence-corrected chi connectivity index (χ1v) is 9.10. The molecule has 1 aliphatic rings. The monoisotopic (exact) mass is 367 g/mol. The Balaban J connectivity index is 1.41. The third-order valence-corrected chi connectivity index (χ3v) is 5.51. The molecule has 2 N–H and O–H groups in total. The number of rotatable bonds is 4. The number of piperidine rings is 1. The average Bonchev–Trinajstić information content (AvgIpc) is 3.17. The molecule has 0 saturated carbocycles. The van der Waals surface area contributed by atoms with E-state index in [2.05, 4.69) is 25.2 Å². The van der Waals surface area contributed by atoms with Gasteiger partial charge in [0.25, 0.3) is 0 Å². The third kappa shape index (κ3) is 3.37. The van der Waals surface area contributed by atoms with Crippen molar-refractivity contribution in [3.63, 3.8) is 0 Å². The summed E-state index contributed by atoms with van der Waals surface area (Å²) in [5.74, 6) is -0.392. The Labute approximate surface area is 156 Å². The van der Waals surface area contributed by atoms with Crippen molar-refractivity contribution in [2.24, 2.45) is 5.41 Å². The van der Waals surface area contributed by atoms with Gasteiger partial charge in [-0.15, -0.1) is 0 Å². The van der Waals surface area contributed by atoms with Gasteiger partial charge in [0.2, 0.25) is 5.91 Å². The van der Waals surface area contributed by atoms with Gasteiger partial charge in [-0.25, -0.2) is 9.37 Å². The molecule has 0 radical (unpaired) electrons. The Morgan fingerprint density at radius 1 is 1.26 bits per heavy atom. The van der Waals surface area contributed by atoms with E-state index >= 15 is 0 Å². The van der Waals surface area contributed by atoms with E-state index in [0.29, 0.717) is 11.1 Å². The van der Waals surface area contributed by atoms with E-state index < -0.39 is 5.41 Å². The quantitative estimate of drug-likeness (QED) is 0.743. The van der Waals surface area contributed by atoms with Crippen LogP contribution in [0, 0.1) is 11.2 Å². The summed E-state index contributed by atoms with van der Waals surface area (Å²) in [4.78, 5) is 26.3. The number of imidazole rings is 1. The highest BCUT2D eigenvalue weighted by Gasteiger charge is 2.37. The number of carbonyl (C=O) groups is 1. The Bertz CT molecular complexity index is 947. The van der Waals surface area contributed by atoms with Crippen LogP contribution in [0.3, 0.4) is 0 Å². The van der Waals surface area contributed by atoms with Crippen molar-refractivity contribution in [3.05, 3.63) is 54.4 Å². The summed E-state index contributed by atoms with van der Waals surface area (Å²) in [5.41, 5.74) is 2.41. The van der Waals surface area contributed by atoms with Crippen LogP contribution in [0.2, 0.25) is 0 Å². The van der Waals surface area contributed by atoms with E-state index in [0.717, 1.165) is 37.1 Å². The van der Waals surface area contributed by atoms with Crippen molar-refractivity contribution in [2.45, 2.75) is 26.3 Å². The molecule has 2 aromatic heterocycles. The lowest BCUT2D eigenvalue weighted by Gasteiger charge is -2.39. The smallest absolute Gasteiger partial charge is 0.226 e. The lowest BCUT2D eigenvalue weighted by Crippen LogP contribution is -2.47. The lowest BCUT2D eigenvalue weighted by molar-refractivity contribution is -0.131. The zero-order valence-electron chi connectivity index (χ0n) is 15.2. The minimum atomic E-state index is -0.459. The van der Waals surface area contributed by atoms with E-state index in [-0.39, 0.29) is 18.3 Å². The van der Waals surface area contributed by atoms with Crippen LogP contribution >= 0.6 is 0 Å². The summed E-state index contributed by atoms with van der Waals surface area (Å²) in [5, 5.41) is 2.93. The normalized spacial score (nSPS) is 16.4. The highest BCUT2D eigenvalue weighted by atomic mass is 19.1. The minimum Gasteiger partial charge on any atom is -0.371 e. The number of hydrogen-bond donors (Lipinski definition) is 2. The molecule has 6 nitrogen and oxygen atoms in total. The number of amides is 1. The van der Waals surface area contributed by atoms with Crippen LogP contribution in [0.5, 0.6) is 0 Å². The second kappa shape index (κ2) is 6.98. The topological polar surface area (TPSA) is 73.9 Å². The Morgan fingerprint density at radius 3 is 2.74 bits per heavy atom. The summed E-state index contributed by atoms with van der Waals surface area (Å²) in [6.45, 7) is 3.72. The van der Waals surface area contributed by atoms with Crippen molar-refractivity contribution < 1.29 is 9.18 Å². The molecule has 0 spiro atoms. The van der Waals surface area contributed by atoms with Gasteiger partial charge < -0.3 is 15.2 Å². The Hall–Kier alpha value is -2.96. The number of nitrogens with zero attached hydrogens (tertiary/aromatic N) is 3. The van der Waals surface area contributed by atoms with Crippen molar-refractivity contribution in [1.82, 2.24) is 20.3 Å². The summed E-state index contributed by atoms with van der Waals surface area (Å²) >= 11 is 0. The van der Waals surface area contributed by atoms with E-state index in [1.807, 2.05) is 19.1 Å². The lowest BCUT2D eigenvalue weighted by atomic mass is 9.79. The van der Waals surface area contributed by atoms with Crippen LogP contribution in [-0.4, -0.2) is 33.9 Å². The summed E-state index contributed by atoms with van der Waals surface area (Å²) in [6.07, 6.45) is 6.58. The second-order valence-electron chi connectivity index (χ2n) is 7.26. The van der Waals surface area contributed by atoms with Gasteiger partial charge in [-0.05, 0) is 37.1 Å². The van der Waals surface area contributed by atoms with Crippen LogP contribution in [0.15, 0.2) is 43.0 Å². The maximum atomic E-state index is 14.2. The van der Waals surface area contributed by atoms with E-state index in [1.165, 1.54) is 12.4 Å². The maximum Gasteiger partial charge on any atom is 0.226 e. The number of halogens is 1. The fourth-order valence-corrected chi connectivity index (χ4v) is 3.63. The molecule has 3 heterocycles. The molecule has 3 aromatic rings. The molecular weight excluding hydrogens is 345 g/mol. The molecule has 0 bridgehead atoms. The van der Waals surface area contributed by atoms with Gasteiger partial charge in [-0.2, -0.15) is 0 Å². The average molecular weight is 367 g/mol. The van der Waals surface area contributed by atoms with Crippen LogP contribution in [0.4, 0.5) is 10.1 Å². The van der Waals surface area contributed by atoms with E-state index in [4.69, 9.17) is 0 Å². The molecule has 27 heavy (non-hydrogen) atoms. The maximum absolute atomic E-state index is 14.2. The Morgan fingerprint density at radius 2 is 2.00 bits per heavy atom. The van der Waals surface area contributed by atoms with Gasteiger partial charge in [-0.3, -0.25) is 9.78 Å². The first-order valence-electron chi connectivity index (χ1n) is 9.10. The number of hydrogen-bond acceptors (Lipinski definition) is 4. The summed E-state index contributed by atoms with van der Waals surface area (Å²) in [6, 6.07) is 7.02. The second-order valence-corrected chi connectivity index (χ2v) is 7.26. The molecule has 0 unspecified atom stereocenters.